The molecule has 0 aromatic carbocycles. The summed E-state index contributed by atoms with van der Waals surface area (Å²) in [5, 5.41) is 2.29. The monoisotopic (exact) mass is 540 g/mol. The molecule has 2 N–H and O–H groups in total. The Morgan fingerprint density at radius 2 is 2.00 bits per heavy atom. The molecule has 4 unspecified atom stereocenters. The maximum atomic E-state index is 13.6. The molecule has 1 saturated heterocycles. The second-order valence-electron chi connectivity index (χ2n) is 10.6. The normalized spacial score (nSPS) is 29.8. The number of aliphatic imine (C=N–C) groups is 1. The molecule has 3 aliphatic carbocycles. The van der Waals surface area contributed by atoms with E-state index in [0.29, 0.717) is 38.1 Å². The number of ether oxygens (including phenoxy) is 1. The van der Waals surface area contributed by atoms with Crippen LogP contribution in [0, 0.1) is 11.8 Å². The lowest BCUT2D eigenvalue weighted by atomic mass is 9.73. The number of carbonyl (C=O) groups excluding carboxylic acids is 2. The van der Waals surface area contributed by atoms with Gasteiger partial charge in [0.2, 0.25) is 21.8 Å². The lowest BCUT2D eigenvalue weighted by Crippen LogP contribution is -2.67. The van der Waals surface area contributed by atoms with Crippen molar-refractivity contribution < 1.29 is 22.7 Å². The maximum Gasteiger partial charge on any atom is 0.264 e. The highest BCUT2D eigenvalue weighted by Gasteiger charge is 2.52. The highest BCUT2D eigenvalue weighted by atomic mass is 32.2. The number of allylic oxidation sites excluding steroid dienone is 5. The van der Waals surface area contributed by atoms with E-state index in [1.54, 1.807) is 6.08 Å². The summed E-state index contributed by atoms with van der Waals surface area (Å²) < 4.78 is 33.1. The van der Waals surface area contributed by atoms with Crippen LogP contribution in [0.2, 0.25) is 0 Å². The van der Waals surface area contributed by atoms with E-state index >= 15 is 0 Å². The van der Waals surface area contributed by atoms with Gasteiger partial charge in [-0.2, -0.15) is 0 Å². The third kappa shape index (κ3) is 5.91. The lowest BCUT2D eigenvalue weighted by Gasteiger charge is -2.42. The molecule has 1 saturated carbocycles. The van der Waals surface area contributed by atoms with Gasteiger partial charge in [0.15, 0.2) is 0 Å². The van der Waals surface area contributed by atoms with E-state index in [1.807, 2.05) is 29.2 Å². The van der Waals surface area contributed by atoms with Crippen LogP contribution in [0.25, 0.3) is 0 Å². The van der Waals surface area contributed by atoms with Gasteiger partial charge in [-0.1, -0.05) is 56.9 Å². The standard InChI is InChI=1S/C28H36N4O5S/c1-6-21-13-14-28(21,27(34)31-38(35,36)23-11-12-23)30-26(33)25-15-22(17-32(25)16-18(2)3)37-20(5)29-24-10-8-7-9-19(24)4/h6-10,13-14,18,21-23,25H,1,4-5,11-12,15-17H2,2-3H3,(H,30,33)(H,31,34). The molecule has 0 bridgehead atoms. The van der Waals surface area contributed by atoms with Gasteiger partial charge in [0.05, 0.1) is 17.0 Å². The quantitative estimate of drug-likeness (QED) is 0.307. The first-order valence-corrected chi connectivity index (χ1v) is 14.4. The van der Waals surface area contributed by atoms with Crippen LogP contribution in [0.1, 0.15) is 33.1 Å². The van der Waals surface area contributed by atoms with Crippen molar-refractivity contribution in [3.63, 3.8) is 0 Å². The third-order valence-corrected chi connectivity index (χ3v) is 8.88. The number of amides is 2. The SMILES string of the molecule is C=CC1C=CC1(NC(=O)C1CC(OC(=C)N=C2C=CC=CC2=C)CN1CC(C)C)C(=O)NS(=O)(=O)C1CC1. The first-order chi connectivity index (χ1) is 17.9. The summed E-state index contributed by atoms with van der Waals surface area (Å²) in [4.78, 5) is 33.3. The van der Waals surface area contributed by atoms with E-state index in [4.69, 9.17) is 4.74 Å². The van der Waals surface area contributed by atoms with E-state index < -0.39 is 38.7 Å². The van der Waals surface area contributed by atoms with Crippen LogP contribution in [0.4, 0.5) is 0 Å². The minimum absolute atomic E-state index is 0.228. The maximum absolute atomic E-state index is 13.6. The fourth-order valence-electron chi connectivity index (χ4n) is 4.90. The molecule has 38 heavy (non-hydrogen) atoms. The Morgan fingerprint density at radius 1 is 1.29 bits per heavy atom. The Kier molecular flexibility index (Phi) is 7.94. The van der Waals surface area contributed by atoms with Crippen LogP contribution in [-0.4, -0.2) is 66.9 Å². The van der Waals surface area contributed by atoms with E-state index in [0.717, 1.165) is 5.57 Å². The number of hydrogen-bond acceptors (Lipinski definition) is 7. The van der Waals surface area contributed by atoms with E-state index in [9.17, 15) is 18.0 Å². The number of nitrogens with one attached hydrogen (secondary N) is 2. The predicted molar refractivity (Wildman–Crippen MR) is 147 cm³/mol. The van der Waals surface area contributed by atoms with Crippen molar-refractivity contribution >= 4 is 27.5 Å². The number of carbonyl (C=O) groups is 2. The predicted octanol–water partition coefficient (Wildman–Crippen LogP) is 2.53. The molecular weight excluding hydrogens is 504 g/mol. The zero-order valence-electron chi connectivity index (χ0n) is 21.9. The lowest BCUT2D eigenvalue weighted by molar-refractivity contribution is -0.134. The van der Waals surface area contributed by atoms with Gasteiger partial charge in [0.1, 0.15) is 11.6 Å². The molecular formula is C28H36N4O5S. The van der Waals surface area contributed by atoms with E-state index in [2.05, 4.69) is 48.6 Å². The van der Waals surface area contributed by atoms with Crippen LogP contribution in [-0.2, 0) is 24.3 Å². The number of rotatable bonds is 11. The van der Waals surface area contributed by atoms with Crippen molar-refractivity contribution in [1.29, 1.82) is 0 Å². The molecule has 9 nitrogen and oxygen atoms in total. The number of sulfonamides is 1. The van der Waals surface area contributed by atoms with Crippen molar-refractivity contribution in [2.45, 2.75) is 56.0 Å². The Morgan fingerprint density at radius 3 is 2.58 bits per heavy atom. The van der Waals surface area contributed by atoms with Crippen LogP contribution in [0.15, 0.2) is 78.7 Å². The van der Waals surface area contributed by atoms with E-state index in [-0.39, 0.29) is 23.8 Å². The zero-order valence-corrected chi connectivity index (χ0v) is 22.7. The Bertz CT molecular complexity index is 1260. The van der Waals surface area contributed by atoms with Gasteiger partial charge >= 0.3 is 0 Å². The highest BCUT2D eigenvalue weighted by Crippen LogP contribution is 2.35. The molecule has 4 aliphatic rings. The molecule has 4 atom stereocenters. The average molecular weight is 541 g/mol. The third-order valence-electron chi connectivity index (χ3n) is 7.06. The van der Waals surface area contributed by atoms with Crippen LogP contribution < -0.4 is 10.0 Å². The molecule has 4 rings (SSSR count). The molecule has 1 aliphatic heterocycles. The zero-order chi connectivity index (χ0) is 27.7. The summed E-state index contributed by atoms with van der Waals surface area (Å²) in [6.07, 6.45) is 13.2. The first-order valence-electron chi connectivity index (χ1n) is 12.9. The van der Waals surface area contributed by atoms with Gasteiger partial charge in [0, 0.05) is 25.4 Å². The first kappa shape index (κ1) is 27.8. The Labute approximate surface area is 224 Å². The van der Waals surface area contributed by atoms with Crippen molar-refractivity contribution in [3.05, 3.63) is 73.7 Å². The fourth-order valence-corrected chi connectivity index (χ4v) is 6.25. The average Bonchev–Trinajstić information content (AvgIpc) is 3.61. The summed E-state index contributed by atoms with van der Waals surface area (Å²) in [5.74, 6) is -1.18. The highest BCUT2D eigenvalue weighted by molar-refractivity contribution is 7.91. The second kappa shape index (κ2) is 10.9. The van der Waals surface area contributed by atoms with Crippen LogP contribution in [0.3, 0.4) is 0 Å². The second-order valence-corrected chi connectivity index (χ2v) is 12.6. The van der Waals surface area contributed by atoms with Crippen LogP contribution in [0.5, 0.6) is 0 Å². The number of likely N-dealkylation sites (tertiary alicyclic amines) is 1. The molecule has 0 aromatic heterocycles. The topological polar surface area (TPSA) is 117 Å². The summed E-state index contributed by atoms with van der Waals surface area (Å²) in [6, 6.07) is -0.584. The van der Waals surface area contributed by atoms with Gasteiger partial charge in [-0.3, -0.25) is 19.2 Å². The fraction of sp³-hybridized carbons (Fsp3) is 0.464. The number of hydrogen-bond donors (Lipinski definition) is 2. The van der Waals surface area contributed by atoms with Crippen molar-refractivity contribution in [2.24, 2.45) is 16.8 Å². The summed E-state index contributed by atoms with van der Waals surface area (Å²) in [7, 11) is -3.78. The Balaban J connectivity index is 1.47. The summed E-state index contributed by atoms with van der Waals surface area (Å²) in [6.45, 7) is 16.9. The van der Waals surface area contributed by atoms with E-state index in [1.165, 1.54) is 12.2 Å². The molecule has 2 amide bonds. The van der Waals surface area contributed by atoms with Gasteiger partial charge in [-0.25, -0.2) is 13.4 Å². The molecule has 10 heteroatoms. The molecule has 1 heterocycles. The smallest absolute Gasteiger partial charge is 0.264 e. The molecule has 0 spiro atoms. The van der Waals surface area contributed by atoms with Crippen molar-refractivity contribution in [1.82, 2.24) is 14.9 Å². The molecule has 0 radical (unpaired) electrons. The largest absolute Gasteiger partial charge is 0.473 e. The van der Waals surface area contributed by atoms with Crippen LogP contribution >= 0.6 is 0 Å². The summed E-state index contributed by atoms with van der Waals surface area (Å²) >= 11 is 0. The van der Waals surface area contributed by atoms with Gasteiger partial charge < -0.3 is 10.1 Å². The molecule has 204 valence electrons. The van der Waals surface area contributed by atoms with Gasteiger partial charge in [-0.05, 0) is 37.0 Å². The minimum atomic E-state index is -3.78. The molecule has 0 aromatic rings. The van der Waals surface area contributed by atoms with Crippen molar-refractivity contribution in [2.75, 3.05) is 13.1 Å². The number of nitrogens with zero attached hydrogens (tertiary/aromatic N) is 2. The van der Waals surface area contributed by atoms with Crippen molar-refractivity contribution in [3.8, 4) is 0 Å². The summed E-state index contributed by atoms with van der Waals surface area (Å²) in [5.41, 5.74) is -0.106. The van der Waals surface area contributed by atoms with Gasteiger partial charge in [0.25, 0.3) is 5.91 Å². The van der Waals surface area contributed by atoms with Gasteiger partial charge in [-0.15, -0.1) is 6.58 Å². The minimum Gasteiger partial charge on any atom is -0.473 e. The Hall–Kier alpha value is -3.24. The molecule has 2 fully saturated rings.